The minimum Gasteiger partial charge on any atom is -0.382 e. The smallest absolute Gasteiger partial charge is 0.266 e. The second-order valence-corrected chi connectivity index (χ2v) is 8.20. The van der Waals surface area contributed by atoms with Gasteiger partial charge in [-0.2, -0.15) is 15.2 Å². The van der Waals surface area contributed by atoms with Crippen LogP contribution in [-0.2, 0) is 0 Å². The third kappa shape index (κ3) is 4.14. The van der Waals surface area contributed by atoms with Crippen molar-refractivity contribution < 1.29 is 8.78 Å². The maximum atomic E-state index is 14.0. The Morgan fingerprint density at radius 3 is 2.52 bits per heavy atom. The van der Waals surface area contributed by atoms with Crippen LogP contribution in [0.5, 0.6) is 0 Å². The fourth-order valence-electron chi connectivity index (χ4n) is 3.38. The summed E-state index contributed by atoms with van der Waals surface area (Å²) in [4.78, 5) is 25.9. The van der Waals surface area contributed by atoms with E-state index in [0.29, 0.717) is 15.2 Å². The SMILES string of the molecule is CC(Nc1nc(N)nc(N)c1C#N)c1nc2c(I)cccc2c(=O)n1-c1cc(F)cc(F)c1. The van der Waals surface area contributed by atoms with Crippen molar-refractivity contribution in [2.24, 2.45) is 0 Å². The largest absolute Gasteiger partial charge is 0.382 e. The molecule has 4 aromatic rings. The summed E-state index contributed by atoms with van der Waals surface area (Å²) >= 11 is 2.05. The quantitative estimate of drug-likeness (QED) is 0.322. The number of hydrogen-bond acceptors (Lipinski definition) is 8. The van der Waals surface area contributed by atoms with Gasteiger partial charge in [0.25, 0.3) is 5.56 Å². The van der Waals surface area contributed by atoms with Crippen molar-refractivity contribution in [2.75, 3.05) is 16.8 Å². The highest BCUT2D eigenvalue weighted by atomic mass is 127. The van der Waals surface area contributed by atoms with E-state index < -0.39 is 23.2 Å². The standard InChI is InChI=1S/C21H15F2IN8O/c1-9(28-18-14(8-25)17(26)30-21(27)31-18)19-29-16-13(3-2-4-15(16)24)20(33)32(19)12-6-10(22)5-11(23)7-12/h2-7,9H,1H3,(H5,26,27,28,30,31). The first-order valence-corrected chi connectivity index (χ1v) is 10.5. The molecular formula is C21H15F2IN8O. The van der Waals surface area contributed by atoms with Crippen molar-refractivity contribution in [1.82, 2.24) is 19.5 Å². The predicted molar refractivity (Wildman–Crippen MR) is 128 cm³/mol. The van der Waals surface area contributed by atoms with Crippen LogP contribution < -0.4 is 22.3 Å². The van der Waals surface area contributed by atoms with Crippen molar-refractivity contribution in [3.05, 3.63) is 73.3 Å². The van der Waals surface area contributed by atoms with Crippen LogP contribution in [0.15, 0.2) is 41.2 Å². The highest BCUT2D eigenvalue weighted by Crippen LogP contribution is 2.26. The maximum Gasteiger partial charge on any atom is 0.266 e. The zero-order chi connectivity index (χ0) is 23.9. The number of hydrogen-bond donors (Lipinski definition) is 3. The molecule has 166 valence electrons. The van der Waals surface area contributed by atoms with Crippen molar-refractivity contribution in [1.29, 1.82) is 5.26 Å². The minimum absolute atomic E-state index is 0.0316. The van der Waals surface area contributed by atoms with Gasteiger partial charge in [-0.25, -0.2) is 13.8 Å². The molecule has 1 unspecified atom stereocenters. The summed E-state index contributed by atoms with van der Waals surface area (Å²) in [6, 6.07) is 8.95. The Hall–Kier alpha value is -3.86. The molecular weight excluding hydrogens is 545 g/mol. The molecule has 2 heterocycles. The Bertz CT molecular complexity index is 1500. The Morgan fingerprint density at radius 2 is 1.85 bits per heavy atom. The average Bonchev–Trinajstić information content (AvgIpc) is 2.73. The van der Waals surface area contributed by atoms with Crippen molar-refractivity contribution in [3.8, 4) is 11.8 Å². The lowest BCUT2D eigenvalue weighted by Crippen LogP contribution is -2.28. The number of fused-ring (bicyclic) bond motifs is 1. The van der Waals surface area contributed by atoms with Gasteiger partial charge in [-0.1, -0.05) is 6.07 Å². The monoisotopic (exact) mass is 560 g/mol. The van der Waals surface area contributed by atoms with Crippen molar-refractivity contribution >= 4 is 51.1 Å². The second-order valence-electron chi connectivity index (χ2n) is 7.04. The Labute approximate surface area is 199 Å². The van der Waals surface area contributed by atoms with E-state index in [4.69, 9.17) is 11.5 Å². The Morgan fingerprint density at radius 1 is 1.15 bits per heavy atom. The number of aromatic nitrogens is 4. The molecule has 0 bridgehead atoms. The van der Waals surface area contributed by atoms with Gasteiger partial charge in [0, 0.05) is 9.64 Å². The Kier molecular flexibility index (Phi) is 5.81. The molecule has 33 heavy (non-hydrogen) atoms. The first-order valence-electron chi connectivity index (χ1n) is 9.47. The van der Waals surface area contributed by atoms with Gasteiger partial charge in [-0.15, -0.1) is 0 Å². The number of nitrogens with one attached hydrogen (secondary N) is 1. The van der Waals surface area contributed by atoms with Gasteiger partial charge in [-0.05, 0) is 53.8 Å². The summed E-state index contributed by atoms with van der Waals surface area (Å²) in [7, 11) is 0. The zero-order valence-corrected chi connectivity index (χ0v) is 19.1. The van der Waals surface area contributed by atoms with Gasteiger partial charge in [0.05, 0.1) is 22.6 Å². The fourth-order valence-corrected chi connectivity index (χ4v) is 4.00. The molecule has 9 nitrogen and oxygen atoms in total. The third-order valence-corrected chi connectivity index (χ3v) is 5.66. The lowest BCUT2D eigenvalue weighted by Gasteiger charge is -2.21. The molecule has 0 saturated carbocycles. The molecule has 2 aromatic heterocycles. The van der Waals surface area contributed by atoms with Gasteiger partial charge in [0.1, 0.15) is 34.9 Å². The van der Waals surface area contributed by atoms with Gasteiger partial charge in [0.2, 0.25) is 5.95 Å². The Balaban J connectivity index is 1.98. The zero-order valence-electron chi connectivity index (χ0n) is 17.0. The van der Waals surface area contributed by atoms with Crippen LogP contribution >= 0.6 is 22.6 Å². The lowest BCUT2D eigenvalue weighted by molar-refractivity contribution is 0.579. The molecule has 12 heteroatoms. The number of nitrogen functional groups attached to an aromatic ring is 2. The second kappa shape index (κ2) is 8.58. The number of anilines is 3. The molecule has 0 aliphatic rings. The molecule has 0 radical (unpaired) electrons. The van der Waals surface area contributed by atoms with E-state index in [1.54, 1.807) is 25.1 Å². The van der Waals surface area contributed by atoms with E-state index in [1.165, 1.54) is 0 Å². The van der Waals surface area contributed by atoms with Gasteiger partial charge in [-0.3, -0.25) is 9.36 Å². The molecule has 4 rings (SSSR count). The van der Waals surface area contributed by atoms with Crippen LogP contribution in [0.3, 0.4) is 0 Å². The maximum absolute atomic E-state index is 14.0. The summed E-state index contributed by atoms with van der Waals surface area (Å²) in [6.45, 7) is 1.64. The van der Waals surface area contributed by atoms with E-state index in [2.05, 4.69) is 20.3 Å². The lowest BCUT2D eigenvalue weighted by atomic mass is 10.2. The van der Waals surface area contributed by atoms with E-state index in [9.17, 15) is 18.8 Å². The predicted octanol–water partition coefficient (Wildman–Crippen LogP) is 3.27. The van der Waals surface area contributed by atoms with E-state index in [0.717, 1.165) is 16.7 Å². The van der Waals surface area contributed by atoms with Gasteiger partial charge >= 0.3 is 0 Å². The molecule has 2 aromatic carbocycles. The summed E-state index contributed by atoms with van der Waals surface area (Å²) in [5.41, 5.74) is 11.2. The average molecular weight is 560 g/mol. The highest BCUT2D eigenvalue weighted by Gasteiger charge is 2.22. The van der Waals surface area contributed by atoms with Crippen LogP contribution in [0.1, 0.15) is 24.4 Å². The number of rotatable bonds is 4. The van der Waals surface area contributed by atoms with E-state index in [1.807, 2.05) is 28.7 Å². The van der Waals surface area contributed by atoms with Crippen LogP contribution in [0, 0.1) is 26.5 Å². The van der Waals surface area contributed by atoms with Crippen molar-refractivity contribution in [2.45, 2.75) is 13.0 Å². The van der Waals surface area contributed by atoms with Crippen LogP contribution in [0.25, 0.3) is 16.6 Å². The molecule has 0 amide bonds. The van der Waals surface area contributed by atoms with Crippen LogP contribution in [0.2, 0.25) is 0 Å². The number of para-hydroxylation sites is 1. The first-order chi connectivity index (χ1) is 15.7. The summed E-state index contributed by atoms with van der Waals surface area (Å²) in [6.07, 6.45) is 0. The molecule has 5 N–H and O–H groups in total. The fraction of sp³-hybridized carbons (Fsp3) is 0.0952. The number of halogens is 3. The van der Waals surface area contributed by atoms with Crippen LogP contribution in [0.4, 0.5) is 26.4 Å². The van der Waals surface area contributed by atoms with Gasteiger partial charge in [0.15, 0.2) is 5.82 Å². The first kappa shape index (κ1) is 22.3. The highest BCUT2D eigenvalue weighted by molar-refractivity contribution is 14.1. The topological polar surface area (TPSA) is 149 Å². The number of nitriles is 1. The molecule has 0 spiro atoms. The molecule has 1 atom stereocenters. The summed E-state index contributed by atoms with van der Waals surface area (Å²) in [5, 5.41) is 12.7. The number of nitrogens with two attached hydrogens (primary N) is 2. The number of benzene rings is 2. The van der Waals surface area contributed by atoms with Crippen molar-refractivity contribution in [3.63, 3.8) is 0 Å². The molecule has 0 fully saturated rings. The molecule has 0 aliphatic heterocycles. The van der Waals surface area contributed by atoms with E-state index in [-0.39, 0.29) is 40.0 Å². The van der Waals surface area contributed by atoms with Gasteiger partial charge < -0.3 is 16.8 Å². The summed E-state index contributed by atoms with van der Waals surface area (Å²) < 4.78 is 29.9. The minimum atomic E-state index is -0.852. The van der Waals surface area contributed by atoms with Crippen LogP contribution in [-0.4, -0.2) is 19.5 Å². The number of nitrogens with zero attached hydrogens (tertiary/aromatic N) is 5. The normalized spacial score (nSPS) is 11.8. The molecule has 0 aliphatic carbocycles. The van der Waals surface area contributed by atoms with E-state index >= 15 is 0 Å². The third-order valence-electron chi connectivity index (χ3n) is 4.79. The summed E-state index contributed by atoms with van der Waals surface area (Å²) in [5.74, 6) is -1.83. The molecule has 0 saturated heterocycles.